The number of nitrogens with one attached hydrogen (secondary N) is 1. The quantitative estimate of drug-likeness (QED) is 0.864. The molecule has 0 heterocycles. The molecular weight excluding hydrogens is 290 g/mol. The number of hydrogen-bond donors (Lipinski definition) is 1. The maximum Gasteiger partial charge on any atom is 0.411 e. The van der Waals surface area contributed by atoms with E-state index in [2.05, 4.69) is 5.32 Å². The van der Waals surface area contributed by atoms with Crippen molar-refractivity contribution in [2.75, 3.05) is 11.9 Å². The van der Waals surface area contributed by atoms with E-state index < -0.39 is 6.09 Å². The monoisotopic (exact) mass is 303 g/mol. The van der Waals surface area contributed by atoms with Crippen LogP contribution in [-0.4, -0.2) is 18.5 Å². The first-order valence-corrected chi connectivity index (χ1v) is 6.82. The van der Waals surface area contributed by atoms with Crippen molar-refractivity contribution in [1.29, 1.82) is 0 Å². The molecule has 0 spiro atoms. The lowest BCUT2D eigenvalue weighted by Gasteiger charge is -2.06. The van der Waals surface area contributed by atoms with Crippen LogP contribution in [0.1, 0.15) is 22.8 Å². The molecule has 2 aromatic rings. The lowest BCUT2D eigenvalue weighted by atomic mass is 10.0. The van der Waals surface area contributed by atoms with Crippen LogP contribution in [0.25, 0.3) is 0 Å². The van der Waals surface area contributed by atoms with Crippen LogP contribution >= 0.6 is 11.6 Å². The molecule has 2 rings (SSSR count). The number of benzene rings is 2. The highest BCUT2D eigenvalue weighted by atomic mass is 35.5. The zero-order valence-corrected chi connectivity index (χ0v) is 12.2. The smallest absolute Gasteiger partial charge is 0.411 e. The van der Waals surface area contributed by atoms with Crippen LogP contribution in [0.3, 0.4) is 0 Å². The van der Waals surface area contributed by atoms with Crippen LogP contribution in [0.5, 0.6) is 0 Å². The minimum atomic E-state index is -0.519. The number of carbonyl (C=O) groups excluding carboxylic acids is 2. The van der Waals surface area contributed by atoms with Crippen LogP contribution in [-0.2, 0) is 4.74 Å². The van der Waals surface area contributed by atoms with Crippen molar-refractivity contribution in [3.63, 3.8) is 0 Å². The van der Waals surface area contributed by atoms with Crippen molar-refractivity contribution < 1.29 is 14.3 Å². The number of ether oxygens (including phenoxy) is 1. The van der Waals surface area contributed by atoms with Crippen LogP contribution in [0, 0.1) is 0 Å². The van der Waals surface area contributed by atoms with E-state index in [1.807, 2.05) is 0 Å². The number of anilines is 1. The van der Waals surface area contributed by atoms with Gasteiger partial charge in [-0.1, -0.05) is 11.6 Å². The first-order chi connectivity index (χ1) is 10.1. The Morgan fingerprint density at radius 2 is 1.52 bits per heavy atom. The van der Waals surface area contributed by atoms with Crippen molar-refractivity contribution in [2.24, 2.45) is 0 Å². The Bertz CT molecular complexity index is 636. The number of ketones is 1. The summed E-state index contributed by atoms with van der Waals surface area (Å²) in [7, 11) is 0. The van der Waals surface area contributed by atoms with Gasteiger partial charge in [0.15, 0.2) is 5.78 Å². The standard InChI is InChI=1S/C16H14ClNO3/c1-2-21-16(20)18-14-9-5-12(6-10-14)15(19)11-3-7-13(17)8-4-11/h3-10H,2H2,1H3,(H,18,20). The summed E-state index contributed by atoms with van der Waals surface area (Å²) in [5, 5.41) is 3.15. The summed E-state index contributed by atoms with van der Waals surface area (Å²) < 4.78 is 4.77. The molecule has 0 radical (unpaired) electrons. The number of carbonyl (C=O) groups is 2. The Hall–Kier alpha value is -2.33. The molecule has 1 amide bonds. The molecule has 0 aliphatic heterocycles. The third-order valence-corrected chi connectivity index (χ3v) is 3.03. The highest BCUT2D eigenvalue weighted by Gasteiger charge is 2.09. The molecule has 108 valence electrons. The van der Waals surface area contributed by atoms with E-state index in [0.717, 1.165) is 0 Å². The minimum Gasteiger partial charge on any atom is -0.450 e. The SMILES string of the molecule is CCOC(=O)Nc1ccc(C(=O)c2ccc(Cl)cc2)cc1. The van der Waals surface area contributed by atoms with Crippen LogP contribution in [0.2, 0.25) is 5.02 Å². The summed E-state index contributed by atoms with van der Waals surface area (Å²) in [6, 6.07) is 13.3. The third-order valence-electron chi connectivity index (χ3n) is 2.78. The van der Waals surface area contributed by atoms with Gasteiger partial charge in [0.2, 0.25) is 0 Å². The van der Waals surface area contributed by atoms with Crippen molar-refractivity contribution >= 4 is 29.2 Å². The number of hydrogen-bond acceptors (Lipinski definition) is 3. The molecule has 0 aliphatic rings. The van der Waals surface area contributed by atoms with E-state index in [4.69, 9.17) is 16.3 Å². The molecule has 0 atom stereocenters. The Labute approximate surface area is 127 Å². The maximum atomic E-state index is 12.2. The molecule has 2 aromatic carbocycles. The van der Waals surface area contributed by atoms with Gasteiger partial charge in [0.05, 0.1) is 6.61 Å². The molecule has 0 unspecified atom stereocenters. The van der Waals surface area contributed by atoms with E-state index in [-0.39, 0.29) is 5.78 Å². The van der Waals surface area contributed by atoms with Crippen LogP contribution < -0.4 is 5.32 Å². The molecule has 0 bridgehead atoms. The topological polar surface area (TPSA) is 55.4 Å². The van der Waals surface area contributed by atoms with E-state index in [1.165, 1.54) is 0 Å². The Morgan fingerprint density at radius 3 is 2.05 bits per heavy atom. The van der Waals surface area contributed by atoms with Gasteiger partial charge in [-0.2, -0.15) is 0 Å². The van der Waals surface area contributed by atoms with Crippen molar-refractivity contribution in [1.82, 2.24) is 0 Å². The van der Waals surface area contributed by atoms with Gasteiger partial charge < -0.3 is 4.74 Å². The van der Waals surface area contributed by atoms with Gasteiger partial charge in [-0.3, -0.25) is 10.1 Å². The van der Waals surface area contributed by atoms with Crippen LogP contribution in [0.15, 0.2) is 48.5 Å². The average molecular weight is 304 g/mol. The number of halogens is 1. The molecule has 0 saturated heterocycles. The first kappa shape index (κ1) is 15.1. The van der Waals surface area contributed by atoms with Crippen molar-refractivity contribution in [3.05, 3.63) is 64.7 Å². The number of rotatable bonds is 4. The lowest BCUT2D eigenvalue weighted by Crippen LogP contribution is -2.13. The summed E-state index contributed by atoms with van der Waals surface area (Å²) in [5.41, 5.74) is 1.67. The van der Waals surface area contributed by atoms with Crippen molar-refractivity contribution in [2.45, 2.75) is 6.92 Å². The molecule has 0 aromatic heterocycles. The molecule has 0 aliphatic carbocycles. The van der Waals surface area contributed by atoms with Crippen LogP contribution in [0.4, 0.5) is 10.5 Å². The second-order valence-electron chi connectivity index (χ2n) is 4.26. The summed E-state index contributed by atoms with van der Waals surface area (Å²) in [5.74, 6) is -0.102. The molecule has 1 N–H and O–H groups in total. The van der Waals surface area contributed by atoms with Gasteiger partial charge in [0.25, 0.3) is 0 Å². The maximum absolute atomic E-state index is 12.2. The summed E-state index contributed by atoms with van der Waals surface area (Å²) in [6.07, 6.45) is -0.519. The van der Waals surface area contributed by atoms with Gasteiger partial charge in [-0.05, 0) is 55.5 Å². The zero-order chi connectivity index (χ0) is 15.2. The largest absolute Gasteiger partial charge is 0.450 e. The van der Waals surface area contributed by atoms with Gasteiger partial charge >= 0.3 is 6.09 Å². The van der Waals surface area contributed by atoms with E-state index in [9.17, 15) is 9.59 Å². The highest BCUT2D eigenvalue weighted by Crippen LogP contribution is 2.16. The van der Waals surface area contributed by atoms with Gasteiger partial charge in [0.1, 0.15) is 0 Å². The summed E-state index contributed by atoms with van der Waals surface area (Å²) in [4.78, 5) is 23.5. The van der Waals surface area contributed by atoms with E-state index in [0.29, 0.717) is 28.4 Å². The molecule has 4 nitrogen and oxygen atoms in total. The van der Waals surface area contributed by atoms with Gasteiger partial charge in [-0.25, -0.2) is 4.79 Å². The van der Waals surface area contributed by atoms with Gasteiger partial charge in [-0.15, -0.1) is 0 Å². The second-order valence-corrected chi connectivity index (χ2v) is 4.70. The fraction of sp³-hybridized carbons (Fsp3) is 0.125. The van der Waals surface area contributed by atoms with E-state index in [1.54, 1.807) is 55.5 Å². The highest BCUT2D eigenvalue weighted by molar-refractivity contribution is 6.30. The van der Waals surface area contributed by atoms with Crippen molar-refractivity contribution in [3.8, 4) is 0 Å². The Kier molecular flexibility index (Phi) is 4.95. The minimum absolute atomic E-state index is 0.102. The molecule has 5 heteroatoms. The van der Waals surface area contributed by atoms with E-state index >= 15 is 0 Å². The molecule has 0 saturated carbocycles. The second kappa shape index (κ2) is 6.90. The predicted molar refractivity (Wildman–Crippen MR) is 82.0 cm³/mol. The summed E-state index contributed by atoms with van der Waals surface area (Å²) in [6.45, 7) is 2.03. The third kappa shape index (κ3) is 4.07. The molecule has 0 fully saturated rings. The normalized spacial score (nSPS) is 10.0. The lowest BCUT2D eigenvalue weighted by molar-refractivity contribution is 0.103. The first-order valence-electron chi connectivity index (χ1n) is 6.44. The summed E-state index contributed by atoms with van der Waals surface area (Å²) >= 11 is 5.79. The molecular formula is C16H14ClNO3. The fourth-order valence-electron chi connectivity index (χ4n) is 1.76. The molecule has 21 heavy (non-hydrogen) atoms. The zero-order valence-electron chi connectivity index (χ0n) is 11.4. The average Bonchev–Trinajstić information content (AvgIpc) is 2.48. The predicted octanol–water partition coefficient (Wildman–Crippen LogP) is 4.14. The number of amides is 1. The van der Waals surface area contributed by atoms with Gasteiger partial charge in [0, 0.05) is 21.8 Å². The fourth-order valence-corrected chi connectivity index (χ4v) is 1.88. The Morgan fingerprint density at radius 1 is 1.00 bits per heavy atom. The Balaban J connectivity index is 2.09.